The molecular weight excluding hydrogens is 228 g/mol. The van der Waals surface area contributed by atoms with Gasteiger partial charge in [-0.2, -0.15) is 0 Å². The van der Waals surface area contributed by atoms with Crippen molar-refractivity contribution in [3.63, 3.8) is 0 Å². The average Bonchev–Trinajstić information content (AvgIpc) is 2.75. The molecule has 2 N–H and O–H groups in total. The number of pyridine rings is 1. The molecule has 1 aliphatic heterocycles. The lowest BCUT2D eigenvalue weighted by Crippen LogP contribution is -2.25. The topological polar surface area (TPSA) is 57.3 Å². The summed E-state index contributed by atoms with van der Waals surface area (Å²) in [5.41, 5.74) is 1.43. The number of likely N-dealkylation sites (tertiary alicyclic amines) is 1. The minimum atomic E-state index is -0.121. The first-order chi connectivity index (χ1) is 8.69. The van der Waals surface area contributed by atoms with Gasteiger partial charge in [0, 0.05) is 31.0 Å². The van der Waals surface area contributed by atoms with Gasteiger partial charge in [-0.25, -0.2) is 0 Å². The third kappa shape index (κ3) is 3.20. The van der Waals surface area contributed by atoms with Crippen molar-refractivity contribution in [2.75, 3.05) is 32.0 Å². The number of carbonyl (C=O) groups is 1. The van der Waals surface area contributed by atoms with Crippen LogP contribution in [0.15, 0.2) is 18.3 Å². The van der Waals surface area contributed by atoms with E-state index in [0.29, 0.717) is 18.3 Å². The van der Waals surface area contributed by atoms with Gasteiger partial charge >= 0.3 is 0 Å². The summed E-state index contributed by atoms with van der Waals surface area (Å²) in [6.07, 6.45) is 2.81. The van der Waals surface area contributed by atoms with Crippen LogP contribution in [0.5, 0.6) is 0 Å². The van der Waals surface area contributed by atoms with Crippen LogP contribution in [-0.2, 0) is 0 Å². The van der Waals surface area contributed by atoms with Gasteiger partial charge in [0.1, 0.15) is 5.69 Å². The van der Waals surface area contributed by atoms with Gasteiger partial charge < -0.3 is 15.5 Å². The van der Waals surface area contributed by atoms with Gasteiger partial charge in [-0.3, -0.25) is 9.78 Å². The first-order valence-electron chi connectivity index (χ1n) is 6.38. The van der Waals surface area contributed by atoms with E-state index in [0.717, 1.165) is 25.2 Å². The molecule has 0 bridgehead atoms. The van der Waals surface area contributed by atoms with Gasteiger partial charge in [-0.1, -0.05) is 0 Å². The first kappa shape index (κ1) is 12.8. The Labute approximate surface area is 108 Å². The number of aromatic nitrogens is 1. The van der Waals surface area contributed by atoms with E-state index in [1.807, 2.05) is 19.1 Å². The summed E-state index contributed by atoms with van der Waals surface area (Å²) in [6, 6.07) is 4.17. The SMILES string of the molecule is CCNC(=O)c1cc(NC2CCN(C)C2)ccn1. The van der Waals surface area contributed by atoms with E-state index < -0.39 is 0 Å². The molecule has 1 saturated heterocycles. The summed E-state index contributed by atoms with van der Waals surface area (Å²) in [4.78, 5) is 18.1. The van der Waals surface area contributed by atoms with Gasteiger partial charge in [0.15, 0.2) is 0 Å². The Balaban J connectivity index is 2.01. The number of rotatable bonds is 4. The zero-order valence-corrected chi connectivity index (χ0v) is 10.9. The van der Waals surface area contributed by atoms with Crippen molar-refractivity contribution in [2.45, 2.75) is 19.4 Å². The van der Waals surface area contributed by atoms with E-state index in [2.05, 4.69) is 27.6 Å². The quantitative estimate of drug-likeness (QED) is 0.833. The molecule has 98 valence electrons. The first-order valence-corrected chi connectivity index (χ1v) is 6.38. The fraction of sp³-hybridized carbons (Fsp3) is 0.538. The Morgan fingerprint density at radius 2 is 2.44 bits per heavy atom. The molecule has 1 atom stereocenters. The van der Waals surface area contributed by atoms with Crippen LogP contribution in [0.25, 0.3) is 0 Å². The summed E-state index contributed by atoms with van der Waals surface area (Å²) in [6.45, 7) is 4.67. The largest absolute Gasteiger partial charge is 0.381 e. The monoisotopic (exact) mass is 248 g/mol. The van der Waals surface area contributed by atoms with E-state index in [1.165, 1.54) is 0 Å². The maximum absolute atomic E-state index is 11.7. The minimum Gasteiger partial charge on any atom is -0.381 e. The second-order valence-electron chi connectivity index (χ2n) is 4.68. The molecule has 0 aliphatic carbocycles. The Hall–Kier alpha value is -1.62. The molecule has 0 saturated carbocycles. The molecule has 1 fully saturated rings. The number of amides is 1. The Kier molecular flexibility index (Phi) is 4.15. The maximum atomic E-state index is 11.7. The van der Waals surface area contributed by atoms with Crippen LogP contribution in [-0.4, -0.2) is 48.5 Å². The van der Waals surface area contributed by atoms with Crippen LogP contribution in [0.1, 0.15) is 23.8 Å². The predicted octanol–water partition coefficient (Wildman–Crippen LogP) is 0.947. The van der Waals surface area contributed by atoms with Crippen molar-refractivity contribution in [2.24, 2.45) is 0 Å². The zero-order valence-electron chi connectivity index (χ0n) is 10.9. The number of nitrogens with zero attached hydrogens (tertiary/aromatic N) is 2. The molecule has 0 radical (unpaired) electrons. The van der Waals surface area contributed by atoms with Gasteiger partial charge in [-0.05, 0) is 39.1 Å². The van der Waals surface area contributed by atoms with E-state index >= 15 is 0 Å². The van der Waals surface area contributed by atoms with Crippen LogP contribution in [0.3, 0.4) is 0 Å². The van der Waals surface area contributed by atoms with E-state index in [4.69, 9.17) is 0 Å². The molecule has 1 unspecified atom stereocenters. The van der Waals surface area contributed by atoms with Crippen molar-refractivity contribution in [1.29, 1.82) is 0 Å². The van der Waals surface area contributed by atoms with Crippen LogP contribution in [0, 0.1) is 0 Å². The molecule has 1 aromatic heterocycles. The number of likely N-dealkylation sites (N-methyl/N-ethyl adjacent to an activating group) is 1. The molecule has 5 heteroatoms. The normalized spacial score (nSPS) is 19.8. The standard InChI is InChI=1S/C13H20N4O/c1-3-14-13(18)12-8-10(4-6-15-12)16-11-5-7-17(2)9-11/h4,6,8,11H,3,5,7,9H2,1-2H3,(H,14,18)(H,15,16). The Morgan fingerprint density at radius 1 is 1.61 bits per heavy atom. The molecule has 1 aromatic rings. The summed E-state index contributed by atoms with van der Waals surface area (Å²) >= 11 is 0. The molecule has 1 amide bonds. The minimum absolute atomic E-state index is 0.121. The van der Waals surface area contributed by atoms with E-state index in [-0.39, 0.29) is 5.91 Å². The van der Waals surface area contributed by atoms with Crippen LogP contribution >= 0.6 is 0 Å². The third-order valence-electron chi connectivity index (χ3n) is 3.09. The van der Waals surface area contributed by atoms with Crippen molar-refractivity contribution < 1.29 is 4.79 Å². The number of nitrogens with one attached hydrogen (secondary N) is 2. The summed E-state index contributed by atoms with van der Waals surface area (Å²) in [5.74, 6) is -0.121. The fourth-order valence-corrected chi connectivity index (χ4v) is 2.18. The van der Waals surface area contributed by atoms with E-state index in [9.17, 15) is 4.79 Å². The average molecular weight is 248 g/mol. The number of hydrogen-bond donors (Lipinski definition) is 2. The van der Waals surface area contributed by atoms with Crippen molar-refractivity contribution in [3.05, 3.63) is 24.0 Å². The molecule has 18 heavy (non-hydrogen) atoms. The van der Waals surface area contributed by atoms with Crippen molar-refractivity contribution in [1.82, 2.24) is 15.2 Å². The highest BCUT2D eigenvalue weighted by Crippen LogP contribution is 2.15. The van der Waals surface area contributed by atoms with Gasteiger partial charge in [0.25, 0.3) is 5.91 Å². The van der Waals surface area contributed by atoms with E-state index in [1.54, 1.807) is 6.20 Å². The lowest BCUT2D eigenvalue weighted by atomic mass is 10.2. The molecule has 2 rings (SSSR count). The highest BCUT2D eigenvalue weighted by molar-refractivity contribution is 5.93. The molecule has 0 aromatic carbocycles. The second-order valence-corrected chi connectivity index (χ2v) is 4.68. The summed E-state index contributed by atoms with van der Waals surface area (Å²) < 4.78 is 0. The fourth-order valence-electron chi connectivity index (χ4n) is 2.18. The number of anilines is 1. The zero-order chi connectivity index (χ0) is 13.0. The molecule has 1 aliphatic rings. The Bertz CT molecular complexity index is 421. The summed E-state index contributed by atoms with van der Waals surface area (Å²) in [5, 5.41) is 6.20. The predicted molar refractivity (Wildman–Crippen MR) is 71.8 cm³/mol. The highest BCUT2D eigenvalue weighted by atomic mass is 16.1. The van der Waals surface area contributed by atoms with Gasteiger partial charge in [-0.15, -0.1) is 0 Å². The second kappa shape index (κ2) is 5.82. The summed E-state index contributed by atoms with van der Waals surface area (Å²) in [7, 11) is 2.12. The van der Waals surface area contributed by atoms with Crippen LogP contribution in [0.4, 0.5) is 5.69 Å². The van der Waals surface area contributed by atoms with Crippen molar-refractivity contribution >= 4 is 11.6 Å². The number of hydrogen-bond acceptors (Lipinski definition) is 4. The van der Waals surface area contributed by atoms with Crippen LogP contribution in [0.2, 0.25) is 0 Å². The Morgan fingerprint density at radius 3 is 3.11 bits per heavy atom. The molecular formula is C13H20N4O. The van der Waals surface area contributed by atoms with Crippen molar-refractivity contribution in [3.8, 4) is 0 Å². The molecule has 5 nitrogen and oxygen atoms in total. The lowest BCUT2D eigenvalue weighted by Gasteiger charge is -2.14. The smallest absolute Gasteiger partial charge is 0.269 e. The third-order valence-corrected chi connectivity index (χ3v) is 3.09. The van der Waals surface area contributed by atoms with Gasteiger partial charge in [0.2, 0.25) is 0 Å². The maximum Gasteiger partial charge on any atom is 0.269 e. The lowest BCUT2D eigenvalue weighted by molar-refractivity contribution is 0.0951. The number of carbonyl (C=O) groups excluding carboxylic acids is 1. The highest BCUT2D eigenvalue weighted by Gasteiger charge is 2.19. The molecule has 0 spiro atoms. The molecule has 2 heterocycles. The van der Waals surface area contributed by atoms with Crippen LogP contribution < -0.4 is 10.6 Å². The van der Waals surface area contributed by atoms with Gasteiger partial charge in [0.05, 0.1) is 0 Å².